The van der Waals surface area contributed by atoms with Gasteiger partial charge in [-0.3, -0.25) is 0 Å². The van der Waals surface area contributed by atoms with E-state index in [1.807, 2.05) is 18.2 Å². The lowest BCUT2D eigenvalue weighted by Crippen LogP contribution is -1.80. The Bertz CT molecular complexity index is 408. The normalized spacial score (nSPS) is 10.5. The number of thiophene rings is 1. The van der Waals surface area contributed by atoms with Gasteiger partial charge in [-0.2, -0.15) is 4.39 Å². The van der Waals surface area contributed by atoms with Crippen molar-refractivity contribution in [1.82, 2.24) is 0 Å². The molecule has 0 aliphatic carbocycles. The molecule has 0 atom stereocenters. The molecule has 0 saturated carbocycles. The second-order valence-corrected chi connectivity index (χ2v) is 3.43. The van der Waals surface area contributed by atoms with Crippen molar-refractivity contribution in [2.24, 2.45) is 0 Å². The summed E-state index contributed by atoms with van der Waals surface area (Å²) in [5.74, 6) is 0.737. The zero-order chi connectivity index (χ0) is 8.55. The molecule has 0 unspecified atom stereocenters. The van der Waals surface area contributed by atoms with E-state index in [1.54, 1.807) is 7.11 Å². The van der Waals surface area contributed by atoms with Crippen molar-refractivity contribution in [2.75, 3.05) is 7.11 Å². The summed E-state index contributed by atoms with van der Waals surface area (Å²) >= 11 is 1.11. The van der Waals surface area contributed by atoms with E-state index < -0.39 is 0 Å². The lowest BCUT2D eigenvalue weighted by Gasteiger charge is -1.98. The molecule has 0 fully saturated rings. The summed E-state index contributed by atoms with van der Waals surface area (Å²) in [7, 11) is 1.59. The average Bonchev–Trinajstić information content (AvgIpc) is 2.44. The zero-order valence-electron chi connectivity index (χ0n) is 6.50. The second kappa shape index (κ2) is 2.75. The Morgan fingerprint density at radius 3 is 3.00 bits per heavy atom. The molecule has 12 heavy (non-hydrogen) atoms. The van der Waals surface area contributed by atoms with Crippen molar-refractivity contribution in [3.8, 4) is 5.75 Å². The van der Waals surface area contributed by atoms with E-state index in [2.05, 4.69) is 0 Å². The van der Waals surface area contributed by atoms with Crippen LogP contribution in [0.4, 0.5) is 4.39 Å². The highest BCUT2D eigenvalue weighted by Gasteiger charge is 2.04. The summed E-state index contributed by atoms with van der Waals surface area (Å²) in [4.78, 5) is 0. The fraction of sp³-hybridized carbons (Fsp3) is 0.111. The van der Waals surface area contributed by atoms with E-state index in [9.17, 15) is 4.39 Å². The predicted octanol–water partition coefficient (Wildman–Crippen LogP) is 3.05. The van der Waals surface area contributed by atoms with Gasteiger partial charge in [0.15, 0.2) is 5.13 Å². The maximum absolute atomic E-state index is 12.8. The van der Waals surface area contributed by atoms with Gasteiger partial charge in [0.2, 0.25) is 0 Å². The molecule has 0 amide bonds. The van der Waals surface area contributed by atoms with Crippen LogP contribution in [0.3, 0.4) is 0 Å². The zero-order valence-corrected chi connectivity index (χ0v) is 7.32. The van der Waals surface area contributed by atoms with Crippen molar-refractivity contribution in [2.45, 2.75) is 0 Å². The fourth-order valence-electron chi connectivity index (χ4n) is 1.17. The van der Waals surface area contributed by atoms with Crippen molar-refractivity contribution >= 4 is 21.4 Å². The minimum atomic E-state index is -0.172. The van der Waals surface area contributed by atoms with Gasteiger partial charge in [-0.05, 0) is 17.5 Å². The molecule has 2 aromatic rings. The van der Waals surface area contributed by atoms with E-state index in [0.717, 1.165) is 27.2 Å². The average molecular weight is 182 g/mol. The van der Waals surface area contributed by atoms with Gasteiger partial charge in [0, 0.05) is 0 Å². The second-order valence-electron chi connectivity index (χ2n) is 2.43. The van der Waals surface area contributed by atoms with Gasteiger partial charge in [-0.15, -0.1) is 11.3 Å². The Morgan fingerprint density at radius 1 is 1.42 bits per heavy atom. The van der Waals surface area contributed by atoms with Crippen LogP contribution in [-0.2, 0) is 0 Å². The maximum atomic E-state index is 12.8. The molecular weight excluding hydrogens is 175 g/mol. The molecule has 2 rings (SSSR count). The van der Waals surface area contributed by atoms with Gasteiger partial charge in [-0.1, -0.05) is 12.1 Å². The third kappa shape index (κ3) is 1.06. The number of fused-ring (bicyclic) bond motifs is 1. The first-order valence-electron chi connectivity index (χ1n) is 3.53. The predicted molar refractivity (Wildman–Crippen MR) is 48.3 cm³/mol. The number of halogens is 1. The Balaban J connectivity index is 2.78. The molecule has 0 aliphatic rings. The molecule has 1 aromatic heterocycles. The third-order valence-electron chi connectivity index (χ3n) is 1.70. The molecule has 3 heteroatoms. The van der Waals surface area contributed by atoms with Gasteiger partial charge >= 0.3 is 0 Å². The molecule has 0 radical (unpaired) electrons. The number of rotatable bonds is 1. The molecule has 1 heterocycles. The lowest BCUT2D eigenvalue weighted by molar-refractivity contribution is 0.420. The first kappa shape index (κ1) is 7.55. The smallest absolute Gasteiger partial charge is 0.177 e. The Labute approximate surface area is 73.4 Å². The van der Waals surface area contributed by atoms with Crippen LogP contribution in [0.25, 0.3) is 10.1 Å². The number of hydrogen-bond acceptors (Lipinski definition) is 2. The van der Waals surface area contributed by atoms with E-state index in [0.29, 0.717) is 0 Å². The van der Waals surface area contributed by atoms with E-state index in [-0.39, 0.29) is 5.13 Å². The minimum Gasteiger partial charge on any atom is -0.495 e. The van der Waals surface area contributed by atoms with Crippen molar-refractivity contribution in [3.63, 3.8) is 0 Å². The van der Waals surface area contributed by atoms with Crippen LogP contribution in [0.2, 0.25) is 0 Å². The van der Waals surface area contributed by atoms with Crippen LogP contribution >= 0.6 is 11.3 Å². The van der Waals surface area contributed by atoms with Crippen LogP contribution in [0, 0.1) is 5.13 Å². The van der Waals surface area contributed by atoms with Gasteiger partial charge < -0.3 is 4.74 Å². The van der Waals surface area contributed by atoms with E-state index >= 15 is 0 Å². The molecule has 0 aliphatic heterocycles. The largest absolute Gasteiger partial charge is 0.495 e. The number of methoxy groups -OCH3 is 1. The Hall–Kier alpha value is -1.09. The summed E-state index contributed by atoms with van der Waals surface area (Å²) in [6.45, 7) is 0. The van der Waals surface area contributed by atoms with Crippen LogP contribution in [0.1, 0.15) is 0 Å². The third-order valence-corrected chi connectivity index (χ3v) is 2.65. The van der Waals surface area contributed by atoms with Crippen molar-refractivity contribution < 1.29 is 9.13 Å². The van der Waals surface area contributed by atoms with Crippen LogP contribution in [-0.4, -0.2) is 7.11 Å². The molecule has 1 nitrogen and oxygen atoms in total. The molecule has 0 bridgehead atoms. The molecule has 62 valence electrons. The molecule has 1 aromatic carbocycles. The molecule has 0 N–H and O–H groups in total. The van der Waals surface area contributed by atoms with Gasteiger partial charge in [-0.25, -0.2) is 0 Å². The molecule has 0 saturated heterocycles. The number of ether oxygens (including phenoxy) is 1. The molecule has 0 spiro atoms. The summed E-state index contributed by atoms with van der Waals surface area (Å²) < 4.78 is 18.8. The summed E-state index contributed by atoms with van der Waals surface area (Å²) in [5.41, 5.74) is 0. The highest BCUT2D eigenvalue weighted by molar-refractivity contribution is 7.17. The number of benzene rings is 1. The maximum Gasteiger partial charge on any atom is 0.177 e. The first-order chi connectivity index (χ1) is 5.81. The fourth-order valence-corrected chi connectivity index (χ4v) is 2.04. The van der Waals surface area contributed by atoms with Gasteiger partial charge in [0.1, 0.15) is 5.75 Å². The Kier molecular flexibility index (Phi) is 1.73. The highest BCUT2D eigenvalue weighted by atomic mass is 32.1. The number of hydrogen-bond donors (Lipinski definition) is 0. The van der Waals surface area contributed by atoms with Gasteiger partial charge in [0.05, 0.1) is 11.8 Å². The van der Waals surface area contributed by atoms with Crippen LogP contribution in [0.5, 0.6) is 5.75 Å². The minimum absolute atomic E-state index is 0.172. The SMILES string of the molecule is COc1cccc2cc(F)sc12. The van der Waals surface area contributed by atoms with Crippen molar-refractivity contribution in [3.05, 3.63) is 29.4 Å². The standard InChI is InChI=1S/C9H7FOS/c1-11-7-4-2-3-6-5-8(10)12-9(6)7/h2-5H,1H3. The summed E-state index contributed by atoms with van der Waals surface area (Å²) in [6, 6.07) is 7.07. The van der Waals surface area contributed by atoms with Crippen LogP contribution in [0.15, 0.2) is 24.3 Å². The molecular formula is C9H7FOS. The quantitative estimate of drug-likeness (QED) is 0.658. The van der Waals surface area contributed by atoms with E-state index in [4.69, 9.17) is 4.74 Å². The van der Waals surface area contributed by atoms with Gasteiger partial charge in [0.25, 0.3) is 0 Å². The Morgan fingerprint density at radius 2 is 2.25 bits per heavy atom. The summed E-state index contributed by atoms with van der Waals surface area (Å²) in [5, 5.41) is 0.728. The first-order valence-corrected chi connectivity index (χ1v) is 4.35. The monoisotopic (exact) mass is 182 g/mol. The van der Waals surface area contributed by atoms with Crippen molar-refractivity contribution in [1.29, 1.82) is 0 Å². The highest BCUT2D eigenvalue weighted by Crippen LogP contribution is 2.32. The topological polar surface area (TPSA) is 9.23 Å². The summed E-state index contributed by atoms with van der Waals surface area (Å²) in [6.07, 6.45) is 0. The lowest BCUT2D eigenvalue weighted by atomic mass is 10.2. The van der Waals surface area contributed by atoms with E-state index in [1.165, 1.54) is 6.07 Å². The van der Waals surface area contributed by atoms with Crippen LogP contribution < -0.4 is 4.74 Å².